The summed E-state index contributed by atoms with van der Waals surface area (Å²) in [6.07, 6.45) is 5.04. The molecule has 1 aliphatic heterocycles. The van der Waals surface area contributed by atoms with Crippen LogP contribution in [0.1, 0.15) is 43.0 Å². The second-order valence-corrected chi connectivity index (χ2v) is 5.76. The normalized spacial score (nSPS) is 19.6. The van der Waals surface area contributed by atoms with Gasteiger partial charge in [0.05, 0.1) is 11.3 Å². The minimum absolute atomic E-state index is 0.0232. The summed E-state index contributed by atoms with van der Waals surface area (Å²) < 4.78 is 5.66. The molecule has 20 heavy (non-hydrogen) atoms. The Morgan fingerprint density at radius 3 is 3.00 bits per heavy atom. The fourth-order valence-corrected chi connectivity index (χ4v) is 3.21. The van der Waals surface area contributed by atoms with E-state index in [4.69, 9.17) is 4.74 Å². The first-order valence-electron chi connectivity index (χ1n) is 7.56. The number of rotatable bonds is 3. The van der Waals surface area contributed by atoms with E-state index in [2.05, 4.69) is 17.6 Å². The second kappa shape index (κ2) is 5.73. The number of carbonyl (C=O) groups excluding carboxylic acids is 1. The van der Waals surface area contributed by atoms with Crippen molar-refractivity contribution in [1.29, 1.82) is 0 Å². The van der Waals surface area contributed by atoms with E-state index in [-0.39, 0.29) is 11.9 Å². The molecule has 3 rings (SSSR count). The number of fused-ring (bicyclic) bond motifs is 1. The molecule has 0 unspecified atom stereocenters. The fourth-order valence-electron chi connectivity index (χ4n) is 3.21. The molecule has 4 nitrogen and oxygen atoms in total. The Morgan fingerprint density at radius 2 is 2.20 bits per heavy atom. The van der Waals surface area contributed by atoms with Crippen molar-refractivity contribution in [2.75, 3.05) is 18.5 Å². The number of hydrogen-bond donors (Lipinski definition) is 2. The van der Waals surface area contributed by atoms with Crippen molar-refractivity contribution in [1.82, 2.24) is 5.32 Å². The Morgan fingerprint density at radius 1 is 1.40 bits per heavy atom. The summed E-state index contributed by atoms with van der Waals surface area (Å²) in [5.74, 6) is 1.29. The fraction of sp³-hybridized carbons (Fsp3) is 0.562. The molecular formula is C16H22N2O2. The van der Waals surface area contributed by atoms with Crippen LogP contribution in [-0.4, -0.2) is 25.1 Å². The van der Waals surface area contributed by atoms with Gasteiger partial charge in [-0.15, -0.1) is 0 Å². The van der Waals surface area contributed by atoms with Gasteiger partial charge >= 0.3 is 0 Å². The van der Waals surface area contributed by atoms with Crippen molar-refractivity contribution in [2.24, 2.45) is 5.92 Å². The van der Waals surface area contributed by atoms with Gasteiger partial charge in [-0.1, -0.05) is 18.9 Å². The third kappa shape index (κ3) is 2.60. The first-order valence-corrected chi connectivity index (χ1v) is 7.56. The van der Waals surface area contributed by atoms with Crippen LogP contribution in [0.15, 0.2) is 18.2 Å². The number of amides is 1. The monoisotopic (exact) mass is 274 g/mol. The van der Waals surface area contributed by atoms with Gasteiger partial charge < -0.3 is 15.4 Å². The van der Waals surface area contributed by atoms with E-state index in [1.807, 2.05) is 18.2 Å². The zero-order chi connectivity index (χ0) is 13.9. The van der Waals surface area contributed by atoms with Crippen molar-refractivity contribution in [2.45, 2.75) is 38.6 Å². The molecule has 1 fully saturated rings. The number of para-hydroxylation sites is 1. The molecule has 0 bridgehead atoms. The van der Waals surface area contributed by atoms with Crippen molar-refractivity contribution >= 4 is 11.6 Å². The molecule has 1 heterocycles. The molecule has 1 amide bonds. The van der Waals surface area contributed by atoms with Gasteiger partial charge in [-0.25, -0.2) is 0 Å². The molecule has 0 saturated heterocycles. The highest BCUT2D eigenvalue weighted by Crippen LogP contribution is 2.32. The molecule has 2 aliphatic rings. The van der Waals surface area contributed by atoms with Gasteiger partial charge in [-0.05, 0) is 37.8 Å². The average Bonchev–Trinajstić information content (AvgIpc) is 3.01. The summed E-state index contributed by atoms with van der Waals surface area (Å²) in [5.41, 5.74) is 1.55. The van der Waals surface area contributed by atoms with Crippen LogP contribution in [0.3, 0.4) is 0 Å². The van der Waals surface area contributed by atoms with Crippen molar-refractivity contribution < 1.29 is 9.53 Å². The maximum absolute atomic E-state index is 12.5. The third-order valence-electron chi connectivity index (χ3n) is 4.39. The number of carbonyl (C=O) groups is 1. The van der Waals surface area contributed by atoms with Crippen LogP contribution in [0, 0.1) is 5.92 Å². The summed E-state index contributed by atoms with van der Waals surface area (Å²) in [6.45, 7) is 3.51. The van der Waals surface area contributed by atoms with Gasteiger partial charge in [0.2, 0.25) is 0 Å². The van der Waals surface area contributed by atoms with Crippen LogP contribution >= 0.6 is 0 Å². The number of nitrogens with one attached hydrogen (secondary N) is 2. The van der Waals surface area contributed by atoms with Gasteiger partial charge in [0.1, 0.15) is 6.61 Å². The van der Waals surface area contributed by atoms with Crippen LogP contribution in [0.25, 0.3) is 0 Å². The molecule has 0 radical (unpaired) electrons. The topological polar surface area (TPSA) is 50.4 Å². The lowest BCUT2D eigenvalue weighted by molar-refractivity contribution is 0.0923. The molecule has 108 valence electrons. The molecule has 1 aromatic carbocycles. The Hall–Kier alpha value is -1.71. The van der Waals surface area contributed by atoms with Gasteiger partial charge in [0.25, 0.3) is 5.91 Å². The largest absolute Gasteiger partial charge is 0.489 e. The van der Waals surface area contributed by atoms with Gasteiger partial charge in [0, 0.05) is 12.6 Å². The second-order valence-electron chi connectivity index (χ2n) is 5.76. The lowest BCUT2D eigenvalue weighted by Crippen LogP contribution is -2.37. The first-order chi connectivity index (χ1) is 9.75. The van der Waals surface area contributed by atoms with Crippen LogP contribution in [0.2, 0.25) is 0 Å². The zero-order valence-corrected chi connectivity index (χ0v) is 11.9. The third-order valence-corrected chi connectivity index (χ3v) is 4.39. The molecule has 1 aromatic rings. The summed E-state index contributed by atoms with van der Waals surface area (Å²) in [7, 11) is 0. The van der Waals surface area contributed by atoms with Crippen molar-refractivity contribution in [3.8, 4) is 5.75 Å². The Balaban J connectivity index is 1.73. The average molecular weight is 274 g/mol. The molecule has 1 atom stereocenters. The highest BCUT2D eigenvalue weighted by atomic mass is 16.5. The molecule has 1 saturated carbocycles. The number of anilines is 1. The highest BCUT2D eigenvalue weighted by Gasteiger charge is 2.25. The summed E-state index contributed by atoms with van der Waals surface area (Å²) >= 11 is 0. The Labute approximate surface area is 119 Å². The lowest BCUT2D eigenvalue weighted by Gasteiger charge is -2.24. The molecule has 1 aliphatic carbocycles. The Kier molecular flexibility index (Phi) is 3.81. The first kappa shape index (κ1) is 13.3. The van der Waals surface area contributed by atoms with Crippen LogP contribution < -0.4 is 15.4 Å². The van der Waals surface area contributed by atoms with E-state index >= 15 is 0 Å². The molecular weight excluding hydrogens is 252 g/mol. The standard InChI is InChI=1S/C16H22N2O2/c1-11(12-5-2-3-6-12)18-16(19)13-7-4-8-14-15(13)20-10-9-17-14/h4,7-8,11-12,17H,2-3,5-6,9-10H2,1H3,(H,18,19)/t11-/m1/s1. The molecule has 0 aromatic heterocycles. The number of benzene rings is 1. The highest BCUT2D eigenvalue weighted by molar-refractivity contribution is 5.99. The molecule has 2 N–H and O–H groups in total. The van der Waals surface area contributed by atoms with E-state index in [0.717, 1.165) is 12.2 Å². The van der Waals surface area contributed by atoms with E-state index in [1.54, 1.807) is 0 Å². The maximum Gasteiger partial charge on any atom is 0.255 e. The minimum Gasteiger partial charge on any atom is -0.489 e. The van der Waals surface area contributed by atoms with Crippen molar-refractivity contribution in [3.05, 3.63) is 23.8 Å². The van der Waals surface area contributed by atoms with Gasteiger partial charge in [0.15, 0.2) is 5.75 Å². The van der Waals surface area contributed by atoms with Gasteiger partial charge in [-0.3, -0.25) is 4.79 Å². The van der Waals surface area contributed by atoms with Gasteiger partial charge in [-0.2, -0.15) is 0 Å². The number of hydrogen-bond acceptors (Lipinski definition) is 3. The number of ether oxygens (including phenoxy) is 1. The van der Waals surface area contributed by atoms with E-state index < -0.39 is 0 Å². The van der Waals surface area contributed by atoms with E-state index in [1.165, 1.54) is 25.7 Å². The molecule has 4 heteroatoms. The predicted molar refractivity (Wildman–Crippen MR) is 79.3 cm³/mol. The van der Waals surface area contributed by atoms with Crippen LogP contribution in [0.4, 0.5) is 5.69 Å². The minimum atomic E-state index is -0.0232. The predicted octanol–water partition coefficient (Wildman–Crippen LogP) is 2.80. The Bertz CT molecular complexity index is 495. The quantitative estimate of drug-likeness (QED) is 0.891. The van der Waals surface area contributed by atoms with Crippen LogP contribution in [0.5, 0.6) is 5.75 Å². The lowest BCUT2D eigenvalue weighted by atomic mass is 9.99. The summed E-state index contributed by atoms with van der Waals surface area (Å²) in [6, 6.07) is 5.92. The van der Waals surface area contributed by atoms with E-state index in [9.17, 15) is 4.79 Å². The maximum atomic E-state index is 12.5. The smallest absolute Gasteiger partial charge is 0.255 e. The summed E-state index contributed by atoms with van der Waals surface area (Å²) in [5, 5.41) is 6.40. The molecule has 0 spiro atoms. The SMILES string of the molecule is C[C@@H](NC(=O)c1cccc2c1OCCN2)C1CCCC1. The summed E-state index contributed by atoms with van der Waals surface area (Å²) in [4.78, 5) is 12.5. The zero-order valence-electron chi connectivity index (χ0n) is 11.9. The van der Waals surface area contributed by atoms with Crippen LogP contribution in [-0.2, 0) is 0 Å². The van der Waals surface area contributed by atoms with Crippen molar-refractivity contribution in [3.63, 3.8) is 0 Å². The van der Waals surface area contributed by atoms with E-state index in [0.29, 0.717) is 23.8 Å².